The van der Waals surface area contributed by atoms with Crippen LogP contribution in [0, 0.1) is 23.7 Å². The fraction of sp³-hybridized carbons (Fsp3) is 0.867. The highest BCUT2D eigenvalue weighted by molar-refractivity contribution is 5.86. The molecule has 2 aliphatic carbocycles. The number of hydrogen-bond donors (Lipinski definition) is 2. The molecule has 0 bridgehead atoms. The van der Waals surface area contributed by atoms with Gasteiger partial charge in [0.2, 0.25) is 11.8 Å². The molecule has 0 aromatic carbocycles. The van der Waals surface area contributed by atoms with Crippen molar-refractivity contribution in [3.8, 4) is 0 Å². The Labute approximate surface area is 115 Å². The third kappa shape index (κ3) is 4.51. The van der Waals surface area contributed by atoms with Crippen molar-refractivity contribution in [3.63, 3.8) is 0 Å². The summed E-state index contributed by atoms with van der Waals surface area (Å²) < 4.78 is 0. The van der Waals surface area contributed by atoms with Gasteiger partial charge in [-0.2, -0.15) is 0 Å². The summed E-state index contributed by atoms with van der Waals surface area (Å²) in [5.74, 6) is 0.663. The van der Waals surface area contributed by atoms with Gasteiger partial charge < -0.3 is 11.1 Å². The number of nitrogens with two attached hydrogens (primary N) is 1. The number of nitrogens with one attached hydrogen (secondary N) is 1. The molecule has 2 amide bonds. The number of hydrogen-bond acceptors (Lipinski definition) is 2. The minimum Gasteiger partial charge on any atom is -0.369 e. The summed E-state index contributed by atoms with van der Waals surface area (Å²) in [7, 11) is 0. The van der Waals surface area contributed by atoms with Crippen LogP contribution in [0.4, 0.5) is 0 Å². The molecule has 2 fully saturated rings. The van der Waals surface area contributed by atoms with Crippen LogP contribution in [0.15, 0.2) is 0 Å². The first-order valence-electron chi connectivity index (χ1n) is 7.68. The first kappa shape index (κ1) is 14.4. The van der Waals surface area contributed by atoms with Crippen LogP contribution >= 0.6 is 0 Å². The first-order valence-corrected chi connectivity index (χ1v) is 7.68. The molecule has 0 aliphatic heterocycles. The molecule has 4 nitrogen and oxygen atoms in total. The number of amides is 2. The van der Waals surface area contributed by atoms with Crippen molar-refractivity contribution in [1.82, 2.24) is 5.32 Å². The topological polar surface area (TPSA) is 72.2 Å². The zero-order chi connectivity index (χ0) is 13.8. The summed E-state index contributed by atoms with van der Waals surface area (Å²) >= 11 is 0. The summed E-state index contributed by atoms with van der Waals surface area (Å²) in [4.78, 5) is 23.9. The molecule has 2 rings (SSSR count). The Kier molecular flexibility index (Phi) is 4.83. The standard InChI is InChI=1S/C15H26N2O2/c1-2-17-15(19)13(9-11-5-6-11)12(14(16)18)8-7-10-3-4-10/h10-13H,2-9H2,1H3,(H2,16,18)(H,17,19)/t12-,13+/m0/s1. The molecular weight excluding hydrogens is 240 g/mol. The van der Waals surface area contributed by atoms with E-state index in [1.165, 1.54) is 25.7 Å². The number of rotatable bonds is 9. The Hall–Kier alpha value is -1.06. The van der Waals surface area contributed by atoms with E-state index in [9.17, 15) is 9.59 Å². The summed E-state index contributed by atoms with van der Waals surface area (Å²) in [6.07, 6.45) is 7.63. The maximum Gasteiger partial charge on any atom is 0.223 e. The van der Waals surface area contributed by atoms with E-state index in [0.29, 0.717) is 12.5 Å². The van der Waals surface area contributed by atoms with E-state index in [1.807, 2.05) is 6.92 Å². The minimum absolute atomic E-state index is 0.0222. The molecule has 2 saturated carbocycles. The van der Waals surface area contributed by atoms with Crippen LogP contribution < -0.4 is 11.1 Å². The van der Waals surface area contributed by atoms with E-state index in [0.717, 1.165) is 25.2 Å². The van der Waals surface area contributed by atoms with Gasteiger partial charge in [-0.1, -0.05) is 25.7 Å². The van der Waals surface area contributed by atoms with Crippen molar-refractivity contribution in [2.24, 2.45) is 29.4 Å². The average Bonchev–Trinajstić information content (AvgIpc) is 3.23. The molecule has 0 saturated heterocycles. The van der Waals surface area contributed by atoms with Crippen LogP contribution in [-0.4, -0.2) is 18.4 Å². The van der Waals surface area contributed by atoms with Gasteiger partial charge in [-0.15, -0.1) is 0 Å². The summed E-state index contributed by atoms with van der Waals surface area (Å²) in [5, 5.41) is 2.87. The van der Waals surface area contributed by atoms with E-state index >= 15 is 0 Å². The molecule has 0 radical (unpaired) electrons. The van der Waals surface area contributed by atoms with Crippen molar-refractivity contribution in [3.05, 3.63) is 0 Å². The minimum atomic E-state index is -0.294. The fourth-order valence-corrected chi connectivity index (χ4v) is 2.84. The van der Waals surface area contributed by atoms with Crippen molar-refractivity contribution >= 4 is 11.8 Å². The SMILES string of the molecule is CCNC(=O)[C@H](CC1CC1)[C@H](CCC1CC1)C(N)=O. The van der Waals surface area contributed by atoms with Crippen LogP contribution in [0.2, 0.25) is 0 Å². The second-order valence-electron chi connectivity index (χ2n) is 6.21. The zero-order valence-electron chi connectivity index (χ0n) is 11.9. The van der Waals surface area contributed by atoms with Gasteiger partial charge in [-0.05, 0) is 38.0 Å². The smallest absolute Gasteiger partial charge is 0.223 e. The molecule has 0 unspecified atom stereocenters. The fourth-order valence-electron chi connectivity index (χ4n) is 2.84. The molecular formula is C15H26N2O2. The zero-order valence-corrected chi connectivity index (χ0v) is 11.9. The van der Waals surface area contributed by atoms with Gasteiger partial charge in [0.05, 0.1) is 0 Å². The van der Waals surface area contributed by atoms with E-state index in [2.05, 4.69) is 5.32 Å². The van der Waals surface area contributed by atoms with Gasteiger partial charge >= 0.3 is 0 Å². The van der Waals surface area contributed by atoms with Crippen molar-refractivity contribution in [2.75, 3.05) is 6.54 Å². The predicted molar refractivity (Wildman–Crippen MR) is 74.2 cm³/mol. The van der Waals surface area contributed by atoms with Gasteiger partial charge in [-0.25, -0.2) is 0 Å². The Morgan fingerprint density at radius 3 is 2.26 bits per heavy atom. The van der Waals surface area contributed by atoms with Gasteiger partial charge in [0, 0.05) is 18.4 Å². The Morgan fingerprint density at radius 2 is 1.79 bits per heavy atom. The van der Waals surface area contributed by atoms with Crippen molar-refractivity contribution in [1.29, 1.82) is 0 Å². The van der Waals surface area contributed by atoms with Crippen LogP contribution in [0.5, 0.6) is 0 Å². The summed E-state index contributed by atoms with van der Waals surface area (Å²) in [6, 6.07) is 0. The average molecular weight is 266 g/mol. The second kappa shape index (κ2) is 6.40. The lowest BCUT2D eigenvalue weighted by Gasteiger charge is -2.24. The highest BCUT2D eigenvalue weighted by Gasteiger charge is 2.37. The maximum absolute atomic E-state index is 12.2. The number of carbonyl (C=O) groups excluding carboxylic acids is 2. The predicted octanol–water partition coefficient (Wildman–Crippen LogP) is 1.83. The number of carbonyl (C=O) groups is 2. The Morgan fingerprint density at radius 1 is 1.16 bits per heavy atom. The van der Waals surface area contributed by atoms with Crippen LogP contribution in [0.25, 0.3) is 0 Å². The van der Waals surface area contributed by atoms with E-state index in [4.69, 9.17) is 5.73 Å². The Bertz CT molecular complexity index is 335. The molecule has 108 valence electrons. The lowest BCUT2D eigenvalue weighted by atomic mass is 9.82. The van der Waals surface area contributed by atoms with E-state index < -0.39 is 0 Å². The van der Waals surface area contributed by atoms with Crippen molar-refractivity contribution in [2.45, 2.75) is 51.9 Å². The lowest BCUT2D eigenvalue weighted by Crippen LogP contribution is -2.40. The molecule has 2 aliphatic rings. The molecule has 19 heavy (non-hydrogen) atoms. The number of primary amides is 1. The van der Waals surface area contributed by atoms with Crippen LogP contribution in [0.3, 0.4) is 0 Å². The normalized spacial score (nSPS) is 21.7. The van der Waals surface area contributed by atoms with Gasteiger partial charge in [0.15, 0.2) is 0 Å². The molecule has 2 atom stereocenters. The van der Waals surface area contributed by atoms with Gasteiger partial charge in [-0.3, -0.25) is 9.59 Å². The van der Waals surface area contributed by atoms with Crippen LogP contribution in [-0.2, 0) is 9.59 Å². The molecule has 0 heterocycles. The molecule has 0 aromatic rings. The third-order valence-electron chi connectivity index (χ3n) is 4.41. The van der Waals surface area contributed by atoms with Crippen molar-refractivity contribution < 1.29 is 9.59 Å². The molecule has 0 aromatic heterocycles. The molecule has 4 heteroatoms. The first-order chi connectivity index (χ1) is 9.11. The maximum atomic E-state index is 12.2. The van der Waals surface area contributed by atoms with E-state index in [-0.39, 0.29) is 23.7 Å². The highest BCUT2D eigenvalue weighted by atomic mass is 16.2. The van der Waals surface area contributed by atoms with Gasteiger partial charge in [0.25, 0.3) is 0 Å². The second-order valence-corrected chi connectivity index (χ2v) is 6.21. The van der Waals surface area contributed by atoms with E-state index in [1.54, 1.807) is 0 Å². The molecule has 3 N–H and O–H groups in total. The van der Waals surface area contributed by atoms with Gasteiger partial charge in [0.1, 0.15) is 0 Å². The quantitative estimate of drug-likeness (QED) is 0.668. The highest BCUT2D eigenvalue weighted by Crippen LogP contribution is 2.40. The lowest BCUT2D eigenvalue weighted by molar-refractivity contribution is -0.134. The summed E-state index contributed by atoms with van der Waals surface area (Å²) in [5.41, 5.74) is 5.56. The van der Waals surface area contributed by atoms with Crippen LogP contribution in [0.1, 0.15) is 51.9 Å². The Balaban J connectivity index is 1.96. The molecule has 0 spiro atoms. The summed E-state index contributed by atoms with van der Waals surface area (Å²) in [6.45, 7) is 2.53. The largest absolute Gasteiger partial charge is 0.369 e. The third-order valence-corrected chi connectivity index (χ3v) is 4.41. The monoisotopic (exact) mass is 266 g/mol.